The van der Waals surface area contributed by atoms with E-state index in [1.165, 1.54) is 6.07 Å². The summed E-state index contributed by atoms with van der Waals surface area (Å²) >= 11 is 0. The second kappa shape index (κ2) is 7.68. The average Bonchev–Trinajstić information content (AvgIpc) is 2.51. The summed E-state index contributed by atoms with van der Waals surface area (Å²) in [7, 11) is 0. The Kier molecular flexibility index (Phi) is 5.63. The summed E-state index contributed by atoms with van der Waals surface area (Å²) in [6, 6.07) is 12.8. The Morgan fingerprint density at radius 2 is 1.87 bits per heavy atom. The predicted octanol–water partition coefficient (Wildman–Crippen LogP) is 3.46. The summed E-state index contributed by atoms with van der Waals surface area (Å²) < 4.78 is 5.60. The largest absolute Gasteiger partial charge is 0.507 e. The highest BCUT2D eigenvalue weighted by Gasteiger charge is 2.10. The van der Waals surface area contributed by atoms with Crippen LogP contribution in [0, 0.1) is 6.92 Å². The van der Waals surface area contributed by atoms with E-state index in [0.29, 0.717) is 12.1 Å². The molecule has 0 atom stereocenters. The molecule has 4 nitrogen and oxygen atoms in total. The molecule has 2 aromatic carbocycles. The molecule has 0 bridgehead atoms. The number of amides is 1. The van der Waals surface area contributed by atoms with Crippen LogP contribution in [0.3, 0.4) is 0 Å². The molecule has 0 saturated carbocycles. The quantitative estimate of drug-likeness (QED) is 0.858. The van der Waals surface area contributed by atoms with Gasteiger partial charge in [0.2, 0.25) is 0 Å². The fourth-order valence-corrected chi connectivity index (χ4v) is 2.25. The Morgan fingerprint density at radius 3 is 2.52 bits per heavy atom. The van der Waals surface area contributed by atoms with E-state index in [0.717, 1.165) is 23.3 Å². The minimum absolute atomic E-state index is 0.00304. The van der Waals surface area contributed by atoms with Crippen LogP contribution in [0.5, 0.6) is 11.5 Å². The zero-order valence-electron chi connectivity index (χ0n) is 13.8. The zero-order chi connectivity index (χ0) is 16.8. The van der Waals surface area contributed by atoms with Crippen LogP contribution in [-0.4, -0.2) is 23.7 Å². The first kappa shape index (κ1) is 16.9. The molecule has 0 saturated heterocycles. The second-order valence-corrected chi connectivity index (χ2v) is 5.84. The minimum atomic E-state index is -0.258. The number of phenols is 1. The zero-order valence-corrected chi connectivity index (χ0v) is 13.8. The first-order valence-corrected chi connectivity index (χ1v) is 7.79. The topological polar surface area (TPSA) is 58.6 Å². The van der Waals surface area contributed by atoms with Crippen molar-refractivity contribution in [3.63, 3.8) is 0 Å². The van der Waals surface area contributed by atoms with E-state index in [1.54, 1.807) is 12.1 Å². The second-order valence-electron chi connectivity index (χ2n) is 5.84. The van der Waals surface area contributed by atoms with Crippen LogP contribution in [0.15, 0.2) is 42.5 Å². The van der Waals surface area contributed by atoms with Crippen molar-refractivity contribution in [2.75, 3.05) is 6.54 Å². The lowest BCUT2D eigenvalue weighted by Crippen LogP contribution is -2.25. The fraction of sp³-hybridized carbons (Fsp3) is 0.316. The predicted molar refractivity (Wildman–Crippen MR) is 91.1 cm³/mol. The number of carbonyl (C=O) groups excluding carboxylic acids is 1. The number of hydrogen-bond acceptors (Lipinski definition) is 3. The van der Waals surface area contributed by atoms with Crippen molar-refractivity contribution in [3.05, 3.63) is 59.2 Å². The number of aromatic hydroxyl groups is 1. The van der Waals surface area contributed by atoms with Crippen LogP contribution in [0.4, 0.5) is 0 Å². The van der Waals surface area contributed by atoms with Gasteiger partial charge in [-0.2, -0.15) is 0 Å². The minimum Gasteiger partial charge on any atom is -0.507 e. The molecule has 0 fully saturated rings. The molecule has 0 aliphatic heterocycles. The summed E-state index contributed by atoms with van der Waals surface area (Å²) in [6.45, 7) is 6.38. The number of nitrogens with one attached hydrogen (secondary N) is 1. The van der Waals surface area contributed by atoms with Gasteiger partial charge < -0.3 is 15.2 Å². The molecule has 0 aliphatic rings. The number of rotatable bonds is 6. The van der Waals surface area contributed by atoms with E-state index in [2.05, 4.69) is 5.32 Å². The molecule has 23 heavy (non-hydrogen) atoms. The molecule has 0 radical (unpaired) electrons. The average molecular weight is 313 g/mol. The van der Waals surface area contributed by atoms with E-state index in [4.69, 9.17) is 4.74 Å². The Hall–Kier alpha value is -2.49. The van der Waals surface area contributed by atoms with Crippen molar-refractivity contribution in [3.8, 4) is 11.5 Å². The van der Waals surface area contributed by atoms with Gasteiger partial charge in [0.05, 0.1) is 11.7 Å². The monoisotopic (exact) mass is 313 g/mol. The van der Waals surface area contributed by atoms with Crippen LogP contribution < -0.4 is 10.1 Å². The summed E-state index contributed by atoms with van der Waals surface area (Å²) in [5.74, 6) is 0.590. The molecule has 4 heteroatoms. The first-order valence-electron chi connectivity index (χ1n) is 7.79. The molecule has 0 spiro atoms. The van der Waals surface area contributed by atoms with Gasteiger partial charge in [0.25, 0.3) is 5.91 Å². The maximum absolute atomic E-state index is 12.1. The molecular weight excluding hydrogens is 290 g/mol. The number of ether oxygens (including phenoxy) is 1. The molecule has 0 aromatic heterocycles. The smallest absolute Gasteiger partial charge is 0.255 e. The summed E-state index contributed by atoms with van der Waals surface area (Å²) in [5.41, 5.74) is 2.37. The number of benzene rings is 2. The van der Waals surface area contributed by atoms with Crippen molar-refractivity contribution < 1.29 is 14.6 Å². The van der Waals surface area contributed by atoms with Crippen molar-refractivity contribution >= 4 is 5.91 Å². The number of aryl methyl sites for hydroxylation is 1. The Bertz CT molecular complexity index is 663. The molecule has 122 valence electrons. The van der Waals surface area contributed by atoms with Gasteiger partial charge in [0, 0.05) is 6.54 Å². The van der Waals surface area contributed by atoms with Gasteiger partial charge in [-0.15, -0.1) is 0 Å². The van der Waals surface area contributed by atoms with Gasteiger partial charge in [0.1, 0.15) is 11.5 Å². The summed E-state index contributed by atoms with van der Waals surface area (Å²) in [4.78, 5) is 12.1. The van der Waals surface area contributed by atoms with Crippen LogP contribution in [-0.2, 0) is 6.42 Å². The lowest BCUT2D eigenvalue weighted by molar-refractivity contribution is 0.0951. The highest BCUT2D eigenvalue weighted by atomic mass is 16.5. The Labute approximate surface area is 137 Å². The summed E-state index contributed by atoms with van der Waals surface area (Å²) in [5, 5.41) is 12.6. The van der Waals surface area contributed by atoms with Crippen molar-refractivity contribution in [2.45, 2.75) is 33.3 Å². The van der Waals surface area contributed by atoms with Gasteiger partial charge in [-0.05, 0) is 57.0 Å². The van der Waals surface area contributed by atoms with Crippen molar-refractivity contribution in [1.82, 2.24) is 5.32 Å². The third-order valence-corrected chi connectivity index (χ3v) is 3.39. The maximum atomic E-state index is 12.1. The highest BCUT2D eigenvalue weighted by Crippen LogP contribution is 2.18. The van der Waals surface area contributed by atoms with Gasteiger partial charge >= 0.3 is 0 Å². The Balaban J connectivity index is 1.87. The number of carbonyl (C=O) groups is 1. The fourth-order valence-electron chi connectivity index (χ4n) is 2.25. The van der Waals surface area contributed by atoms with E-state index >= 15 is 0 Å². The number of hydrogen-bond donors (Lipinski definition) is 2. The lowest BCUT2D eigenvalue weighted by atomic mass is 10.1. The molecule has 2 rings (SSSR count). The third kappa shape index (κ3) is 5.02. The van der Waals surface area contributed by atoms with E-state index in [9.17, 15) is 9.90 Å². The molecule has 2 aromatic rings. The van der Waals surface area contributed by atoms with Crippen molar-refractivity contribution in [1.29, 1.82) is 0 Å². The highest BCUT2D eigenvalue weighted by molar-refractivity contribution is 5.96. The van der Waals surface area contributed by atoms with E-state index < -0.39 is 0 Å². The van der Waals surface area contributed by atoms with E-state index in [1.807, 2.05) is 45.0 Å². The third-order valence-electron chi connectivity index (χ3n) is 3.39. The molecule has 2 N–H and O–H groups in total. The van der Waals surface area contributed by atoms with Crippen LogP contribution >= 0.6 is 0 Å². The van der Waals surface area contributed by atoms with Crippen LogP contribution in [0.25, 0.3) is 0 Å². The van der Waals surface area contributed by atoms with E-state index in [-0.39, 0.29) is 17.8 Å². The maximum Gasteiger partial charge on any atom is 0.255 e. The van der Waals surface area contributed by atoms with Crippen LogP contribution in [0.1, 0.15) is 35.3 Å². The molecular formula is C19H23NO3. The summed E-state index contributed by atoms with van der Waals surface area (Å²) in [6.07, 6.45) is 0.877. The lowest BCUT2D eigenvalue weighted by Gasteiger charge is -2.10. The van der Waals surface area contributed by atoms with Gasteiger partial charge in [-0.25, -0.2) is 0 Å². The molecule has 0 unspecified atom stereocenters. The van der Waals surface area contributed by atoms with Gasteiger partial charge in [-0.1, -0.05) is 23.8 Å². The van der Waals surface area contributed by atoms with Crippen molar-refractivity contribution in [2.24, 2.45) is 0 Å². The van der Waals surface area contributed by atoms with Crippen LogP contribution in [0.2, 0.25) is 0 Å². The normalized spacial score (nSPS) is 10.6. The molecule has 0 heterocycles. The standard InChI is InChI=1S/C19H23NO3/c1-13(2)23-16-7-5-15(6-8-16)10-11-20-19(22)17-12-14(3)4-9-18(17)21/h4-9,12-13,21H,10-11H2,1-3H3,(H,20,22). The van der Waals surface area contributed by atoms with Gasteiger partial charge in [-0.3, -0.25) is 4.79 Å². The van der Waals surface area contributed by atoms with Gasteiger partial charge in [0.15, 0.2) is 0 Å². The SMILES string of the molecule is Cc1ccc(O)c(C(=O)NCCc2ccc(OC(C)C)cc2)c1. The molecule has 1 amide bonds. The Morgan fingerprint density at radius 1 is 1.17 bits per heavy atom. The first-order chi connectivity index (χ1) is 11.0. The molecule has 0 aliphatic carbocycles. The number of phenolic OH excluding ortho intramolecular Hbond substituents is 1.